The van der Waals surface area contributed by atoms with Crippen molar-refractivity contribution in [1.29, 1.82) is 0 Å². The van der Waals surface area contributed by atoms with E-state index < -0.39 is 0 Å². The Bertz CT molecular complexity index is 158. The molecule has 1 amide bonds. The molecule has 1 fully saturated rings. The molecule has 0 aromatic carbocycles. The van der Waals surface area contributed by atoms with Crippen molar-refractivity contribution in [3.63, 3.8) is 0 Å². The highest BCUT2D eigenvalue weighted by Gasteiger charge is 2.35. The predicted octanol–water partition coefficient (Wildman–Crippen LogP) is 0.248. The summed E-state index contributed by atoms with van der Waals surface area (Å²) in [4.78, 5) is 11.2. The molecule has 1 aliphatic rings. The van der Waals surface area contributed by atoms with Crippen LogP contribution in [0.5, 0.6) is 0 Å². The zero-order valence-corrected chi connectivity index (χ0v) is 7.13. The number of carbonyl (C=O) groups excluding carboxylic acids is 1. The Morgan fingerprint density at radius 1 is 1.82 bits per heavy atom. The lowest BCUT2D eigenvalue weighted by Crippen LogP contribution is -2.33. The molecule has 3 N–H and O–H groups in total. The fraction of sp³-hybridized carbons (Fsp3) is 0.875. The Balaban J connectivity index is 2.21. The zero-order valence-electron chi connectivity index (χ0n) is 7.13. The molecule has 64 valence electrons. The first-order chi connectivity index (χ1) is 5.15. The van der Waals surface area contributed by atoms with Crippen LogP contribution in [0.2, 0.25) is 0 Å². The molecule has 0 aromatic rings. The van der Waals surface area contributed by atoms with Gasteiger partial charge >= 0.3 is 0 Å². The van der Waals surface area contributed by atoms with E-state index in [0.717, 1.165) is 12.8 Å². The van der Waals surface area contributed by atoms with Gasteiger partial charge in [-0.25, -0.2) is 0 Å². The van der Waals surface area contributed by atoms with Crippen LogP contribution in [0, 0.1) is 5.92 Å². The number of nitrogens with one attached hydrogen (secondary N) is 1. The maximum Gasteiger partial charge on any atom is 0.223 e. The Labute approximate surface area is 67.3 Å². The van der Waals surface area contributed by atoms with E-state index in [4.69, 9.17) is 5.73 Å². The zero-order chi connectivity index (χ0) is 8.43. The van der Waals surface area contributed by atoms with Crippen molar-refractivity contribution in [1.82, 2.24) is 5.32 Å². The van der Waals surface area contributed by atoms with Crippen LogP contribution >= 0.6 is 0 Å². The molecule has 1 aliphatic carbocycles. The Morgan fingerprint density at radius 2 is 2.36 bits per heavy atom. The SMILES string of the molecule is CCC(C)C(=O)NC1CC1N. The molecule has 1 saturated carbocycles. The first kappa shape index (κ1) is 8.53. The molecule has 3 atom stereocenters. The summed E-state index contributed by atoms with van der Waals surface area (Å²) in [6.07, 6.45) is 1.84. The van der Waals surface area contributed by atoms with Crippen LogP contribution in [-0.4, -0.2) is 18.0 Å². The summed E-state index contributed by atoms with van der Waals surface area (Å²) >= 11 is 0. The van der Waals surface area contributed by atoms with Gasteiger partial charge < -0.3 is 11.1 Å². The van der Waals surface area contributed by atoms with Gasteiger partial charge in [0.25, 0.3) is 0 Å². The molecule has 0 aliphatic heterocycles. The highest BCUT2D eigenvalue weighted by molar-refractivity contribution is 5.78. The van der Waals surface area contributed by atoms with Crippen LogP contribution in [0.4, 0.5) is 0 Å². The quantitative estimate of drug-likeness (QED) is 0.615. The maximum absolute atomic E-state index is 11.2. The van der Waals surface area contributed by atoms with E-state index >= 15 is 0 Å². The number of hydrogen-bond acceptors (Lipinski definition) is 2. The Morgan fingerprint density at radius 3 is 2.73 bits per heavy atom. The molecule has 3 unspecified atom stereocenters. The van der Waals surface area contributed by atoms with Crippen molar-refractivity contribution >= 4 is 5.91 Å². The molecular weight excluding hydrogens is 140 g/mol. The van der Waals surface area contributed by atoms with E-state index in [1.165, 1.54) is 0 Å². The summed E-state index contributed by atoms with van der Waals surface area (Å²) in [5, 5.41) is 2.89. The minimum atomic E-state index is 0.128. The molecule has 3 nitrogen and oxygen atoms in total. The molecule has 11 heavy (non-hydrogen) atoms. The minimum Gasteiger partial charge on any atom is -0.352 e. The molecule has 0 bridgehead atoms. The number of carbonyl (C=O) groups is 1. The normalized spacial score (nSPS) is 31.2. The van der Waals surface area contributed by atoms with Gasteiger partial charge in [-0.05, 0) is 12.8 Å². The van der Waals surface area contributed by atoms with Gasteiger partial charge in [0.15, 0.2) is 0 Å². The molecule has 0 saturated heterocycles. The minimum absolute atomic E-state index is 0.128. The monoisotopic (exact) mass is 156 g/mol. The summed E-state index contributed by atoms with van der Waals surface area (Å²) in [5.74, 6) is 0.272. The van der Waals surface area contributed by atoms with Gasteiger partial charge in [0.05, 0.1) is 0 Å². The fourth-order valence-electron chi connectivity index (χ4n) is 0.891. The largest absolute Gasteiger partial charge is 0.352 e. The average Bonchev–Trinajstić information content (AvgIpc) is 2.65. The highest BCUT2D eigenvalue weighted by atomic mass is 16.2. The van der Waals surface area contributed by atoms with E-state index in [0.29, 0.717) is 0 Å². The van der Waals surface area contributed by atoms with Crippen LogP contribution < -0.4 is 11.1 Å². The molecule has 3 heteroatoms. The van der Waals surface area contributed by atoms with Crippen LogP contribution in [0.1, 0.15) is 26.7 Å². The summed E-state index contributed by atoms with van der Waals surface area (Å²) in [6, 6.07) is 0.472. The van der Waals surface area contributed by atoms with Crippen molar-refractivity contribution in [2.75, 3.05) is 0 Å². The highest BCUT2D eigenvalue weighted by Crippen LogP contribution is 2.18. The smallest absolute Gasteiger partial charge is 0.223 e. The van der Waals surface area contributed by atoms with E-state index in [2.05, 4.69) is 5.32 Å². The van der Waals surface area contributed by atoms with Gasteiger partial charge in [-0.1, -0.05) is 13.8 Å². The number of rotatable bonds is 3. The standard InChI is InChI=1S/C8H16N2O/c1-3-5(2)8(11)10-7-4-6(7)9/h5-7H,3-4,9H2,1-2H3,(H,10,11). The van der Waals surface area contributed by atoms with Gasteiger partial charge in [0.1, 0.15) is 0 Å². The van der Waals surface area contributed by atoms with Crippen LogP contribution in [0.3, 0.4) is 0 Å². The summed E-state index contributed by atoms with van der Waals surface area (Å²) in [7, 11) is 0. The Hall–Kier alpha value is -0.570. The van der Waals surface area contributed by atoms with E-state index in [1.807, 2.05) is 13.8 Å². The van der Waals surface area contributed by atoms with Gasteiger partial charge in [0, 0.05) is 18.0 Å². The first-order valence-corrected chi connectivity index (χ1v) is 4.21. The molecule has 0 spiro atoms. The van der Waals surface area contributed by atoms with Crippen molar-refractivity contribution in [3.05, 3.63) is 0 Å². The van der Waals surface area contributed by atoms with Gasteiger partial charge in [-0.2, -0.15) is 0 Å². The van der Waals surface area contributed by atoms with E-state index in [9.17, 15) is 4.79 Å². The molecular formula is C8H16N2O. The second-order valence-electron chi connectivity index (χ2n) is 3.32. The van der Waals surface area contributed by atoms with Crippen LogP contribution in [0.25, 0.3) is 0 Å². The second-order valence-corrected chi connectivity index (χ2v) is 3.32. The lowest BCUT2D eigenvalue weighted by Gasteiger charge is -2.08. The van der Waals surface area contributed by atoms with Gasteiger partial charge in [-0.3, -0.25) is 4.79 Å². The molecule has 0 radical (unpaired) electrons. The third kappa shape index (κ3) is 2.19. The average molecular weight is 156 g/mol. The van der Waals surface area contributed by atoms with Crippen molar-refractivity contribution in [2.45, 2.75) is 38.8 Å². The number of hydrogen-bond donors (Lipinski definition) is 2. The van der Waals surface area contributed by atoms with Crippen LogP contribution in [0.15, 0.2) is 0 Å². The maximum atomic E-state index is 11.2. The summed E-state index contributed by atoms with van der Waals surface area (Å²) < 4.78 is 0. The van der Waals surface area contributed by atoms with E-state index in [1.54, 1.807) is 0 Å². The number of amides is 1. The fourth-order valence-corrected chi connectivity index (χ4v) is 0.891. The molecule has 1 rings (SSSR count). The molecule has 0 heterocycles. The van der Waals surface area contributed by atoms with Crippen LogP contribution in [-0.2, 0) is 4.79 Å². The van der Waals surface area contributed by atoms with Gasteiger partial charge in [-0.15, -0.1) is 0 Å². The topological polar surface area (TPSA) is 55.1 Å². The number of nitrogens with two attached hydrogens (primary N) is 1. The van der Waals surface area contributed by atoms with E-state index in [-0.39, 0.29) is 23.9 Å². The van der Waals surface area contributed by atoms with Crippen molar-refractivity contribution < 1.29 is 4.79 Å². The predicted molar refractivity (Wildman–Crippen MR) is 44.0 cm³/mol. The lowest BCUT2D eigenvalue weighted by molar-refractivity contribution is -0.124. The third-order valence-electron chi connectivity index (χ3n) is 2.23. The Kier molecular flexibility index (Phi) is 2.49. The van der Waals surface area contributed by atoms with Gasteiger partial charge in [0.2, 0.25) is 5.91 Å². The second kappa shape index (κ2) is 3.22. The summed E-state index contributed by atoms with van der Waals surface area (Å²) in [6.45, 7) is 3.94. The first-order valence-electron chi connectivity index (χ1n) is 4.21. The summed E-state index contributed by atoms with van der Waals surface area (Å²) in [5.41, 5.74) is 5.54. The lowest BCUT2D eigenvalue weighted by atomic mass is 10.1. The van der Waals surface area contributed by atoms with Crippen molar-refractivity contribution in [2.24, 2.45) is 11.7 Å². The van der Waals surface area contributed by atoms with Crippen molar-refractivity contribution in [3.8, 4) is 0 Å². The third-order valence-corrected chi connectivity index (χ3v) is 2.23. The molecule has 0 aromatic heterocycles.